The zero-order valence-electron chi connectivity index (χ0n) is 11.4. The van der Waals surface area contributed by atoms with Gasteiger partial charge in [-0.3, -0.25) is 14.4 Å². The number of benzene rings is 2. The molecule has 4 heteroatoms. The molecule has 0 spiro atoms. The fourth-order valence-electron chi connectivity index (χ4n) is 2.36. The molecule has 0 saturated carbocycles. The van der Waals surface area contributed by atoms with Crippen LogP contribution in [0.5, 0.6) is 0 Å². The summed E-state index contributed by atoms with van der Waals surface area (Å²) in [5.41, 5.74) is 5.09. The van der Waals surface area contributed by atoms with E-state index in [1.165, 1.54) is 0 Å². The largest absolute Gasteiger partial charge is 0.294 e. The normalized spacial score (nSPS) is 17.5. The van der Waals surface area contributed by atoms with Gasteiger partial charge in [-0.15, -0.1) is 0 Å². The number of amides is 1. The highest BCUT2D eigenvalue weighted by Gasteiger charge is 2.25. The summed E-state index contributed by atoms with van der Waals surface area (Å²) < 4.78 is 0. The first kappa shape index (κ1) is 13.5. The number of hydrogen-bond acceptors (Lipinski definition) is 3. The number of rotatable bonds is 4. The van der Waals surface area contributed by atoms with Gasteiger partial charge in [0, 0.05) is 12.0 Å². The summed E-state index contributed by atoms with van der Waals surface area (Å²) in [6.45, 7) is 0. The Morgan fingerprint density at radius 3 is 2.33 bits per heavy atom. The minimum Gasteiger partial charge on any atom is -0.294 e. The molecule has 0 radical (unpaired) electrons. The van der Waals surface area contributed by atoms with Crippen molar-refractivity contribution in [1.29, 1.82) is 0 Å². The Morgan fingerprint density at radius 1 is 1.05 bits per heavy atom. The molecule has 1 fully saturated rings. The second kappa shape index (κ2) is 5.89. The predicted octanol–water partition coefficient (Wildman–Crippen LogP) is 2.75. The van der Waals surface area contributed by atoms with E-state index in [1.807, 2.05) is 54.6 Å². The molecular formula is C17H15NO3. The number of nitrogens with one attached hydrogen (secondary N) is 1. The molecule has 4 nitrogen and oxygen atoms in total. The molecule has 1 N–H and O–H groups in total. The van der Waals surface area contributed by atoms with Crippen molar-refractivity contribution in [3.05, 3.63) is 60.2 Å². The van der Waals surface area contributed by atoms with Crippen LogP contribution in [0.4, 0.5) is 0 Å². The Bertz CT molecular complexity index is 649. The molecule has 21 heavy (non-hydrogen) atoms. The van der Waals surface area contributed by atoms with Crippen LogP contribution >= 0.6 is 0 Å². The first-order valence-corrected chi connectivity index (χ1v) is 6.85. The molecule has 1 amide bonds. The average molecular weight is 281 g/mol. The quantitative estimate of drug-likeness (QED) is 0.877. The van der Waals surface area contributed by atoms with Crippen LogP contribution in [-0.4, -0.2) is 17.8 Å². The van der Waals surface area contributed by atoms with Crippen molar-refractivity contribution in [2.45, 2.75) is 18.9 Å². The van der Waals surface area contributed by atoms with E-state index in [1.54, 1.807) is 0 Å². The zero-order chi connectivity index (χ0) is 14.7. The third-order valence-electron chi connectivity index (χ3n) is 3.48. The van der Waals surface area contributed by atoms with E-state index in [0.717, 1.165) is 11.1 Å². The van der Waals surface area contributed by atoms with Gasteiger partial charge in [0.15, 0.2) is 5.78 Å². The van der Waals surface area contributed by atoms with E-state index in [-0.39, 0.29) is 30.6 Å². The molecule has 2 aromatic rings. The Morgan fingerprint density at radius 2 is 1.71 bits per heavy atom. The minimum absolute atomic E-state index is 0.0175. The Balaban J connectivity index is 1.69. The second-order valence-corrected chi connectivity index (χ2v) is 5.04. The summed E-state index contributed by atoms with van der Waals surface area (Å²) in [5.74, 6) is -0.191. The maximum absolute atomic E-state index is 12.1. The fraction of sp³-hybridized carbons (Fsp3) is 0.176. The van der Waals surface area contributed by atoms with Crippen LogP contribution in [0.1, 0.15) is 23.2 Å². The molecule has 2 aromatic carbocycles. The topological polar surface area (TPSA) is 55.4 Å². The molecule has 0 bridgehead atoms. The Hall–Kier alpha value is -2.46. The van der Waals surface area contributed by atoms with Gasteiger partial charge in [-0.05, 0) is 11.1 Å². The van der Waals surface area contributed by atoms with Gasteiger partial charge in [-0.25, -0.2) is 5.48 Å². The van der Waals surface area contributed by atoms with Gasteiger partial charge in [0.1, 0.15) is 6.10 Å². The van der Waals surface area contributed by atoms with Crippen molar-refractivity contribution in [2.24, 2.45) is 0 Å². The van der Waals surface area contributed by atoms with E-state index in [0.29, 0.717) is 5.56 Å². The monoisotopic (exact) mass is 281 g/mol. The maximum Gasteiger partial charge on any atom is 0.246 e. The molecule has 0 aromatic heterocycles. The van der Waals surface area contributed by atoms with Crippen molar-refractivity contribution in [3.63, 3.8) is 0 Å². The van der Waals surface area contributed by atoms with Crippen LogP contribution in [0.15, 0.2) is 54.6 Å². The standard InChI is InChI=1S/C17H15NO3/c19-16(10-15-11-17(20)18-21-15)14-8-6-13(7-9-14)12-4-2-1-3-5-12/h1-9,15H,10-11H2,(H,18,20). The van der Waals surface area contributed by atoms with Crippen molar-refractivity contribution in [2.75, 3.05) is 0 Å². The molecule has 1 aliphatic rings. The number of hydroxylamine groups is 1. The van der Waals surface area contributed by atoms with Gasteiger partial charge in [0.05, 0.1) is 6.42 Å². The summed E-state index contributed by atoms with van der Waals surface area (Å²) in [6, 6.07) is 17.5. The SMILES string of the molecule is O=C1CC(CC(=O)c2ccc(-c3ccccc3)cc2)ON1. The molecule has 1 heterocycles. The third-order valence-corrected chi connectivity index (χ3v) is 3.48. The van der Waals surface area contributed by atoms with E-state index in [9.17, 15) is 9.59 Å². The van der Waals surface area contributed by atoms with Gasteiger partial charge in [0.25, 0.3) is 0 Å². The zero-order valence-corrected chi connectivity index (χ0v) is 11.4. The third kappa shape index (κ3) is 3.17. The lowest BCUT2D eigenvalue weighted by Gasteiger charge is -2.07. The smallest absolute Gasteiger partial charge is 0.246 e. The molecule has 1 aliphatic heterocycles. The van der Waals surface area contributed by atoms with Gasteiger partial charge >= 0.3 is 0 Å². The predicted molar refractivity (Wildman–Crippen MR) is 78.5 cm³/mol. The lowest BCUT2D eigenvalue weighted by molar-refractivity contribution is -0.124. The van der Waals surface area contributed by atoms with E-state index >= 15 is 0 Å². The average Bonchev–Trinajstić information content (AvgIpc) is 2.93. The van der Waals surface area contributed by atoms with Gasteiger partial charge in [-0.2, -0.15) is 0 Å². The molecule has 3 rings (SSSR count). The first-order chi connectivity index (χ1) is 10.2. The molecule has 1 atom stereocenters. The van der Waals surface area contributed by atoms with Crippen molar-refractivity contribution in [3.8, 4) is 11.1 Å². The number of Topliss-reactive ketones (excluding diaryl/α,β-unsaturated/α-hetero) is 1. The van der Waals surface area contributed by atoms with Crippen LogP contribution < -0.4 is 5.48 Å². The second-order valence-electron chi connectivity index (χ2n) is 5.04. The lowest BCUT2D eigenvalue weighted by Crippen LogP contribution is -2.15. The molecule has 0 aliphatic carbocycles. The summed E-state index contributed by atoms with van der Waals surface area (Å²) in [5, 5.41) is 0. The van der Waals surface area contributed by atoms with Crippen LogP contribution in [0.2, 0.25) is 0 Å². The van der Waals surface area contributed by atoms with E-state index in [2.05, 4.69) is 5.48 Å². The van der Waals surface area contributed by atoms with Crippen LogP contribution in [0.25, 0.3) is 11.1 Å². The number of ketones is 1. The minimum atomic E-state index is -0.362. The lowest BCUT2D eigenvalue weighted by atomic mass is 10.00. The molecular weight excluding hydrogens is 266 g/mol. The Labute approximate surface area is 122 Å². The van der Waals surface area contributed by atoms with Gasteiger partial charge in [-0.1, -0.05) is 54.6 Å². The molecule has 106 valence electrons. The van der Waals surface area contributed by atoms with Crippen molar-refractivity contribution >= 4 is 11.7 Å². The van der Waals surface area contributed by atoms with Crippen molar-refractivity contribution in [1.82, 2.24) is 5.48 Å². The highest BCUT2D eigenvalue weighted by atomic mass is 16.7. The van der Waals surface area contributed by atoms with Gasteiger partial charge < -0.3 is 0 Å². The first-order valence-electron chi connectivity index (χ1n) is 6.85. The summed E-state index contributed by atoms with van der Waals surface area (Å²) in [7, 11) is 0. The molecule has 1 unspecified atom stereocenters. The maximum atomic E-state index is 12.1. The fourth-order valence-corrected chi connectivity index (χ4v) is 2.36. The van der Waals surface area contributed by atoms with Crippen LogP contribution in [-0.2, 0) is 9.63 Å². The number of hydrogen-bond donors (Lipinski definition) is 1. The van der Waals surface area contributed by atoms with E-state index in [4.69, 9.17) is 4.84 Å². The van der Waals surface area contributed by atoms with Crippen LogP contribution in [0.3, 0.4) is 0 Å². The summed E-state index contributed by atoms with van der Waals surface area (Å²) in [4.78, 5) is 28.2. The summed E-state index contributed by atoms with van der Waals surface area (Å²) >= 11 is 0. The number of carbonyl (C=O) groups excluding carboxylic acids is 2. The van der Waals surface area contributed by atoms with Gasteiger partial charge in [0.2, 0.25) is 5.91 Å². The number of carbonyl (C=O) groups is 2. The van der Waals surface area contributed by atoms with Crippen molar-refractivity contribution < 1.29 is 14.4 Å². The highest BCUT2D eigenvalue weighted by molar-refractivity contribution is 5.97. The summed E-state index contributed by atoms with van der Waals surface area (Å²) in [6.07, 6.45) is 0.0934. The molecule has 1 saturated heterocycles. The van der Waals surface area contributed by atoms with Crippen LogP contribution in [0, 0.1) is 0 Å². The van der Waals surface area contributed by atoms with E-state index < -0.39 is 0 Å². The highest BCUT2D eigenvalue weighted by Crippen LogP contribution is 2.20. The Kier molecular flexibility index (Phi) is 3.79.